The summed E-state index contributed by atoms with van der Waals surface area (Å²) in [6.07, 6.45) is 0. The zero-order chi connectivity index (χ0) is 15.1. The molecule has 20 heavy (non-hydrogen) atoms. The molecule has 3 amide bonds. The summed E-state index contributed by atoms with van der Waals surface area (Å²) in [6, 6.07) is 3.13. The molecule has 0 saturated heterocycles. The van der Waals surface area contributed by atoms with Crippen LogP contribution in [0.5, 0.6) is 0 Å². The van der Waals surface area contributed by atoms with E-state index in [1.54, 1.807) is 13.1 Å². The predicted octanol–water partition coefficient (Wildman–Crippen LogP) is 0.744. The quantitative estimate of drug-likeness (QED) is 0.720. The fourth-order valence-electron chi connectivity index (χ4n) is 1.27. The predicted molar refractivity (Wildman–Crippen MR) is 74.8 cm³/mol. The van der Waals surface area contributed by atoms with E-state index in [-0.39, 0.29) is 6.54 Å². The first-order chi connectivity index (χ1) is 9.38. The lowest BCUT2D eigenvalue weighted by Gasteiger charge is -2.16. The highest BCUT2D eigenvalue weighted by atomic mass is 35.5. The standard InChI is InChI=1S/C11H14ClN3O4S/c1-15(6-7-2-3-8(12)20-7)11(19)14-4-9(16)13-5-10(17)18/h2-3H,4-6H2,1H3,(H,13,16)(H,14,19)(H,17,18). The first-order valence-electron chi connectivity index (χ1n) is 5.60. The third-order valence-electron chi connectivity index (χ3n) is 2.21. The van der Waals surface area contributed by atoms with E-state index in [4.69, 9.17) is 16.7 Å². The van der Waals surface area contributed by atoms with Crippen molar-refractivity contribution in [1.82, 2.24) is 15.5 Å². The third-order valence-corrected chi connectivity index (χ3v) is 3.42. The summed E-state index contributed by atoms with van der Waals surface area (Å²) in [5.74, 6) is -1.70. The lowest BCUT2D eigenvalue weighted by molar-refractivity contribution is -0.137. The van der Waals surface area contributed by atoms with Crippen molar-refractivity contribution in [2.24, 2.45) is 0 Å². The first kappa shape index (κ1) is 16.3. The highest BCUT2D eigenvalue weighted by Crippen LogP contribution is 2.22. The van der Waals surface area contributed by atoms with Gasteiger partial charge in [0.25, 0.3) is 0 Å². The van der Waals surface area contributed by atoms with Crippen molar-refractivity contribution in [2.75, 3.05) is 20.1 Å². The van der Waals surface area contributed by atoms with E-state index < -0.39 is 24.5 Å². The molecule has 1 rings (SSSR count). The van der Waals surface area contributed by atoms with Crippen molar-refractivity contribution < 1.29 is 19.5 Å². The zero-order valence-corrected chi connectivity index (χ0v) is 12.3. The average molecular weight is 320 g/mol. The van der Waals surface area contributed by atoms with Crippen LogP contribution >= 0.6 is 22.9 Å². The normalized spacial score (nSPS) is 9.90. The Morgan fingerprint density at radius 1 is 1.30 bits per heavy atom. The van der Waals surface area contributed by atoms with Crippen molar-refractivity contribution in [3.63, 3.8) is 0 Å². The maximum atomic E-state index is 11.7. The molecule has 0 unspecified atom stereocenters. The number of rotatable bonds is 6. The fraction of sp³-hybridized carbons (Fsp3) is 0.364. The van der Waals surface area contributed by atoms with Crippen LogP contribution in [-0.2, 0) is 16.1 Å². The van der Waals surface area contributed by atoms with Crippen molar-refractivity contribution in [3.05, 3.63) is 21.3 Å². The molecular formula is C11H14ClN3O4S. The van der Waals surface area contributed by atoms with E-state index >= 15 is 0 Å². The number of carbonyl (C=O) groups excluding carboxylic acids is 2. The maximum Gasteiger partial charge on any atom is 0.322 e. The van der Waals surface area contributed by atoms with Gasteiger partial charge in [0, 0.05) is 11.9 Å². The Labute approximate surface area is 124 Å². The number of amides is 3. The second-order valence-corrected chi connectivity index (χ2v) is 5.69. The van der Waals surface area contributed by atoms with Crippen LogP contribution < -0.4 is 10.6 Å². The van der Waals surface area contributed by atoms with Crippen molar-refractivity contribution in [1.29, 1.82) is 0 Å². The van der Waals surface area contributed by atoms with Crippen LogP contribution in [0.1, 0.15) is 4.88 Å². The number of nitrogens with zero attached hydrogens (tertiary/aromatic N) is 1. The van der Waals surface area contributed by atoms with Gasteiger partial charge in [-0.05, 0) is 12.1 Å². The smallest absolute Gasteiger partial charge is 0.322 e. The average Bonchev–Trinajstić information content (AvgIpc) is 2.78. The number of halogens is 1. The Kier molecular flexibility index (Phi) is 6.26. The molecule has 7 nitrogen and oxygen atoms in total. The highest BCUT2D eigenvalue weighted by Gasteiger charge is 2.12. The molecule has 0 atom stereocenters. The molecule has 0 radical (unpaired) electrons. The monoisotopic (exact) mass is 319 g/mol. The number of nitrogens with one attached hydrogen (secondary N) is 2. The molecule has 0 saturated carbocycles. The third kappa shape index (κ3) is 5.89. The van der Waals surface area contributed by atoms with Crippen LogP contribution in [0.25, 0.3) is 0 Å². The second kappa shape index (κ2) is 7.71. The Morgan fingerprint density at radius 3 is 2.55 bits per heavy atom. The number of carboxylic acids is 1. The minimum Gasteiger partial charge on any atom is -0.480 e. The number of thiophene rings is 1. The maximum absolute atomic E-state index is 11.7. The minimum absolute atomic E-state index is 0.276. The van der Waals surface area contributed by atoms with Gasteiger partial charge in [-0.1, -0.05) is 11.6 Å². The Bertz CT molecular complexity index is 506. The van der Waals surface area contributed by atoms with Gasteiger partial charge in [-0.25, -0.2) is 4.79 Å². The molecule has 9 heteroatoms. The summed E-state index contributed by atoms with van der Waals surface area (Å²) in [5, 5.41) is 12.9. The van der Waals surface area contributed by atoms with E-state index in [1.165, 1.54) is 16.2 Å². The zero-order valence-electron chi connectivity index (χ0n) is 10.7. The first-order valence-corrected chi connectivity index (χ1v) is 6.79. The number of carboxylic acid groups (broad SMARTS) is 1. The molecule has 110 valence electrons. The summed E-state index contributed by atoms with van der Waals surface area (Å²) in [6.45, 7) is -0.375. The van der Waals surface area contributed by atoms with Crippen molar-refractivity contribution >= 4 is 40.8 Å². The fourth-order valence-corrected chi connectivity index (χ4v) is 2.41. The van der Waals surface area contributed by atoms with Crippen LogP contribution in [0.2, 0.25) is 4.34 Å². The van der Waals surface area contributed by atoms with E-state index in [0.717, 1.165) is 4.88 Å². The van der Waals surface area contributed by atoms with Gasteiger partial charge in [-0.15, -0.1) is 11.3 Å². The topological polar surface area (TPSA) is 98.7 Å². The molecule has 0 spiro atoms. The van der Waals surface area contributed by atoms with Gasteiger partial charge in [0.05, 0.1) is 17.4 Å². The van der Waals surface area contributed by atoms with Crippen molar-refractivity contribution in [2.45, 2.75) is 6.54 Å². The van der Waals surface area contributed by atoms with Gasteiger partial charge in [0.15, 0.2) is 0 Å². The highest BCUT2D eigenvalue weighted by molar-refractivity contribution is 7.16. The summed E-state index contributed by atoms with van der Waals surface area (Å²) < 4.78 is 0.641. The number of hydrogen-bond acceptors (Lipinski definition) is 4. The SMILES string of the molecule is CN(Cc1ccc(Cl)s1)C(=O)NCC(=O)NCC(=O)O. The van der Waals surface area contributed by atoms with Gasteiger partial charge in [0.1, 0.15) is 6.54 Å². The van der Waals surface area contributed by atoms with Crippen LogP contribution in [0, 0.1) is 0 Å². The summed E-state index contributed by atoms with van der Waals surface area (Å²) in [4.78, 5) is 35.5. The molecule has 0 aliphatic heterocycles. The summed E-state index contributed by atoms with van der Waals surface area (Å²) >= 11 is 7.15. The molecule has 0 aliphatic carbocycles. The lowest BCUT2D eigenvalue weighted by Crippen LogP contribution is -2.43. The van der Waals surface area contributed by atoms with Crippen LogP contribution in [0.4, 0.5) is 4.79 Å². The van der Waals surface area contributed by atoms with Crippen molar-refractivity contribution in [3.8, 4) is 0 Å². The molecular weight excluding hydrogens is 306 g/mol. The van der Waals surface area contributed by atoms with E-state index in [0.29, 0.717) is 10.9 Å². The number of carbonyl (C=O) groups is 3. The van der Waals surface area contributed by atoms with Crippen LogP contribution in [0.15, 0.2) is 12.1 Å². The Hall–Kier alpha value is -1.80. The minimum atomic E-state index is -1.14. The summed E-state index contributed by atoms with van der Waals surface area (Å²) in [7, 11) is 1.58. The number of aliphatic carboxylic acids is 1. The molecule has 0 fully saturated rings. The molecule has 1 aromatic heterocycles. The van der Waals surface area contributed by atoms with Gasteiger partial charge in [0.2, 0.25) is 5.91 Å². The lowest BCUT2D eigenvalue weighted by atomic mass is 10.4. The molecule has 0 aromatic carbocycles. The molecule has 3 N–H and O–H groups in total. The van der Waals surface area contributed by atoms with E-state index in [1.807, 2.05) is 6.07 Å². The number of urea groups is 1. The van der Waals surface area contributed by atoms with E-state index in [2.05, 4.69) is 10.6 Å². The second-order valence-electron chi connectivity index (χ2n) is 3.89. The molecule has 0 bridgehead atoms. The Morgan fingerprint density at radius 2 is 2.00 bits per heavy atom. The summed E-state index contributed by atoms with van der Waals surface area (Å²) in [5.41, 5.74) is 0. The van der Waals surface area contributed by atoms with Crippen LogP contribution in [-0.4, -0.2) is 48.1 Å². The largest absolute Gasteiger partial charge is 0.480 e. The van der Waals surface area contributed by atoms with E-state index in [9.17, 15) is 14.4 Å². The molecule has 1 heterocycles. The Balaban J connectivity index is 2.31. The number of hydrogen-bond donors (Lipinski definition) is 3. The van der Waals surface area contributed by atoms with Gasteiger partial charge < -0.3 is 20.6 Å². The van der Waals surface area contributed by atoms with Crippen LogP contribution in [0.3, 0.4) is 0 Å². The van der Waals surface area contributed by atoms with Gasteiger partial charge in [-0.3, -0.25) is 9.59 Å². The molecule has 1 aromatic rings. The molecule has 0 aliphatic rings. The van der Waals surface area contributed by atoms with Gasteiger partial charge >= 0.3 is 12.0 Å². The van der Waals surface area contributed by atoms with Gasteiger partial charge in [-0.2, -0.15) is 0 Å².